The van der Waals surface area contributed by atoms with Crippen molar-refractivity contribution in [3.8, 4) is 0 Å². The minimum atomic E-state index is -0.819. The van der Waals surface area contributed by atoms with Crippen LogP contribution in [-0.4, -0.2) is 54.8 Å². The highest BCUT2D eigenvalue weighted by Gasteiger charge is 2.49. The Kier molecular flexibility index (Phi) is 4.30. The van der Waals surface area contributed by atoms with Gasteiger partial charge in [0.1, 0.15) is 11.6 Å². The number of carbonyl (C=O) groups excluding carboxylic acids is 2. The summed E-state index contributed by atoms with van der Waals surface area (Å²) in [6.07, 6.45) is 0.486. The Hall–Kier alpha value is -2.02. The molecule has 1 aliphatic heterocycles. The number of nitrogens with one attached hydrogen (secondary N) is 1. The van der Waals surface area contributed by atoms with Gasteiger partial charge in [0, 0.05) is 32.2 Å². The molecule has 2 unspecified atom stereocenters. The number of rotatable bonds is 3. The lowest BCUT2D eigenvalue weighted by atomic mass is 10.2. The molecule has 124 valence electrons. The minimum absolute atomic E-state index is 0.00201. The number of amides is 2. The number of hydrogen-bond donors (Lipinski definition) is 1. The molecule has 5 nitrogen and oxygen atoms in total. The summed E-state index contributed by atoms with van der Waals surface area (Å²) in [5.41, 5.74) is -0.0610. The molecule has 2 amide bonds. The first-order valence-electron chi connectivity index (χ1n) is 7.69. The second-order valence-corrected chi connectivity index (χ2v) is 6.19. The van der Waals surface area contributed by atoms with Crippen molar-refractivity contribution in [3.63, 3.8) is 0 Å². The average molecular weight is 323 g/mol. The van der Waals surface area contributed by atoms with Gasteiger partial charge in [0.05, 0.1) is 17.5 Å². The Balaban J connectivity index is 1.55. The lowest BCUT2D eigenvalue weighted by Crippen LogP contribution is -2.48. The van der Waals surface area contributed by atoms with Crippen LogP contribution < -0.4 is 5.32 Å². The summed E-state index contributed by atoms with van der Waals surface area (Å²) in [5.74, 6) is -2.65. The van der Waals surface area contributed by atoms with Crippen molar-refractivity contribution >= 4 is 17.5 Å². The highest BCUT2D eigenvalue weighted by molar-refractivity contribution is 5.99. The standard InChI is InChI=1S/C16H19F2N3O2/c1-20-4-6-21(7-5-20)16(23)12-9-11(12)15(22)19-14-3-2-10(17)8-13(14)18/h2-3,8,11-12H,4-7,9H2,1H3,(H,19,22). The van der Waals surface area contributed by atoms with Crippen LogP contribution in [0.3, 0.4) is 0 Å². The minimum Gasteiger partial charge on any atom is -0.340 e. The Morgan fingerprint density at radius 2 is 1.83 bits per heavy atom. The Bertz CT molecular complexity index is 630. The van der Waals surface area contributed by atoms with Crippen LogP contribution in [0.25, 0.3) is 0 Å². The molecule has 23 heavy (non-hydrogen) atoms. The number of piperazine rings is 1. The van der Waals surface area contributed by atoms with Crippen molar-refractivity contribution in [2.45, 2.75) is 6.42 Å². The van der Waals surface area contributed by atoms with Crippen LogP contribution in [0.1, 0.15) is 6.42 Å². The van der Waals surface area contributed by atoms with Crippen LogP contribution in [0.2, 0.25) is 0 Å². The number of benzene rings is 1. The van der Waals surface area contributed by atoms with Gasteiger partial charge in [-0.3, -0.25) is 9.59 Å². The van der Waals surface area contributed by atoms with Gasteiger partial charge < -0.3 is 15.1 Å². The number of hydrogen-bond acceptors (Lipinski definition) is 3. The maximum atomic E-state index is 13.5. The maximum absolute atomic E-state index is 13.5. The Labute approximate surface area is 133 Å². The molecule has 0 radical (unpaired) electrons. The predicted octanol–water partition coefficient (Wildman–Crippen LogP) is 1.31. The first kappa shape index (κ1) is 15.9. The lowest BCUT2D eigenvalue weighted by Gasteiger charge is -2.32. The summed E-state index contributed by atoms with van der Waals surface area (Å²) in [4.78, 5) is 28.4. The van der Waals surface area contributed by atoms with Gasteiger partial charge >= 0.3 is 0 Å². The van der Waals surface area contributed by atoms with E-state index in [0.29, 0.717) is 19.5 Å². The molecule has 0 spiro atoms. The van der Waals surface area contributed by atoms with Gasteiger partial charge in [-0.1, -0.05) is 0 Å². The van der Waals surface area contributed by atoms with Crippen LogP contribution in [0, 0.1) is 23.5 Å². The normalized spacial score (nSPS) is 24.4. The van der Waals surface area contributed by atoms with Crippen molar-refractivity contribution in [2.24, 2.45) is 11.8 Å². The van der Waals surface area contributed by atoms with E-state index in [4.69, 9.17) is 0 Å². The first-order chi connectivity index (χ1) is 11.0. The number of anilines is 1. The van der Waals surface area contributed by atoms with E-state index >= 15 is 0 Å². The molecule has 1 aromatic carbocycles. The van der Waals surface area contributed by atoms with E-state index in [1.54, 1.807) is 4.90 Å². The fourth-order valence-electron chi connectivity index (χ4n) is 2.84. The zero-order chi connectivity index (χ0) is 16.6. The van der Waals surface area contributed by atoms with E-state index in [1.165, 1.54) is 6.07 Å². The van der Waals surface area contributed by atoms with Crippen LogP contribution in [0.15, 0.2) is 18.2 Å². The van der Waals surface area contributed by atoms with Gasteiger partial charge in [0.2, 0.25) is 11.8 Å². The van der Waals surface area contributed by atoms with Gasteiger partial charge in [-0.15, -0.1) is 0 Å². The number of likely N-dealkylation sites (N-methyl/N-ethyl adjacent to an activating group) is 1. The molecular weight excluding hydrogens is 304 g/mol. The summed E-state index contributed by atoms with van der Waals surface area (Å²) in [6, 6.07) is 2.98. The van der Waals surface area contributed by atoms with Crippen LogP contribution in [0.4, 0.5) is 14.5 Å². The third kappa shape index (κ3) is 3.50. The molecule has 1 aliphatic carbocycles. The van der Waals surface area contributed by atoms with E-state index in [-0.39, 0.29) is 23.4 Å². The molecular formula is C16H19F2N3O2. The van der Waals surface area contributed by atoms with Gasteiger partial charge in [-0.25, -0.2) is 8.78 Å². The zero-order valence-corrected chi connectivity index (χ0v) is 12.9. The molecule has 1 N–H and O–H groups in total. The molecule has 3 rings (SSSR count). The highest BCUT2D eigenvalue weighted by Crippen LogP contribution is 2.41. The zero-order valence-electron chi connectivity index (χ0n) is 12.9. The Morgan fingerprint density at radius 3 is 2.48 bits per heavy atom. The lowest BCUT2D eigenvalue weighted by molar-refractivity contribution is -0.135. The largest absolute Gasteiger partial charge is 0.340 e. The molecule has 0 bridgehead atoms. The van der Waals surface area contributed by atoms with Gasteiger partial charge in [0.25, 0.3) is 0 Å². The number of nitrogens with zero attached hydrogens (tertiary/aromatic N) is 2. The van der Waals surface area contributed by atoms with Gasteiger partial charge in [0.15, 0.2) is 0 Å². The number of carbonyl (C=O) groups is 2. The summed E-state index contributed by atoms with van der Waals surface area (Å²) in [7, 11) is 2.01. The smallest absolute Gasteiger partial charge is 0.228 e. The third-order valence-electron chi connectivity index (χ3n) is 4.45. The first-order valence-corrected chi connectivity index (χ1v) is 7.69. The van der Waals surface area contributed by atoms with Crippen molar-refractivity contribution in [1.82, 2.24) is 9.80 Å². The molecule has 2 aliphatic rings. The van der Waals surface area contributed by atoms with Crippen molar-refractivity contribution in [3.05, 3.63) is 29.8 Å². The van der Waals surface area contributed by atoms with Crippen molar-refractivity contribution in [1.29, 1.82) is 0 Å². The predicted molar refractivity (Wildman–Crippen MR) is 80.7 cm³/mol. The Morgan fingerprint density at radius 1 is 1.13 bits per heavy atom. The van der Waals surface area contributed by atoms with Crippen LogP contribution in [-0.2, 0) is 9.59 Å². The van der Waals surface area contributed by atoms with E-state index in [1.807, 2.05) is 7.05 Å². The maximum Gasteiger partial charge on any atom is 0.228 e. The van der Waals surface area contributed by atoms with E-state index in [0.717, 1.165) is 25.2 Å². The summed E-state index contributed by atoms with van der Waals surface area (Å²) in [5, 5.41) is 2.43. The van der Waals surface area contributed by atoms with Crippen LogP contribution in [0.5, 0.6) is 0 Å². The second kappa shape index (κ2) is 6.23. The fraction of sp³-hybridized carbons (Fsp3) is 0.500. The molecule has 1 saturated heterocycles. The molecule has 1 aromatic rings. The quantitative estimate of drug-likeness (QED) is 0.913. The average Bonchev–Trinajstić information content (AvgIpc) is 3.31. The molecule has 1 heterocycles. The van der Waals surface area contributed by atoms with E-state index in [2.05, 4.69) is 10.2 Å². The third-order valence-corrected chi connectivity index (χ3v) is 4.45. The summed E-state index contributed by atoms with van der Waals surface area (Å²) in [6.45, 7) is 3.01. The molecule has 2 atom stereocenters. The second-order valence-electron chi connectivity index (χ2n) is 6.19. The SMILES string of the molecule is CN1CCN(C(=O)C2CC2C(=O)Nc2ccc(F)cc2F)CC1. The molecule has 1 saturated carbocycles. The van der Waals surface area contributed by atoms with Gasteiger partial charge in [-0.2, -0.15) is 0 Å². The van der Waals surface area contributed by atoms with E-state index in [9.17, 15) is 18.4 Å². The van der Waals surface area contributed by atoms with Crippen molar-refractivity contribution < 1.29 is 18.4 Å². The summed E-state index contributed by atoms with van der Waals surface area (Å²) >= 11 is 0. The van der Waals surface area contributed by atoms with Gasteiger partial charge in [-0.05, 0) is 25.6 Å². The van der Waals surface area contributed by atoms with Crippen LogP contribution >= 0.6 is 0 Å². The monoisotopic (exact) mass is 323 g/mol. The molecule has 2 fully saturated rings. The summed E-state index contributed by atoms with van der Waals surface area (Å²) < 4.78 is 26.4. The fourth-order valence-corrected chi connectivity index (χ4v) is 2.84. The molecule has 0 aromatic heterocycles. The topological polar surface area (TPSA) is 52.7 Å². The van der Waals surface area contributed by atoms with E-state index < -0.39 is 17.6 Å². The number of halogens is 2. The highest BCUT2D eigenvalue weighted by atomic mass is 19.1. The van der Waals surface area contributed by atoms with Crippen molar-refractivity contribution in [2.75, 3.05) is 38.5 Å². The molecule has 7 heteroatoms.